The third-order valence-electron chi connectivity index (χ3n) is 6.19. The van der Waals surface area contributed by atoms with Crippen LogP contribution >= 0.6 is 0 Å². The fourth-order valence-electron chi connectivity index (χ4n) is 4.40. The topological polar surface area (TPSA) is 87.2 Å². The van der Waals surface area contributed by atoms with Gasteiger partial charge in [-0.2, -0.15) is 0 Å². The summed E-state index contributed by atoms with van der Waals surface area (Å²) < 4.78 is 4.54. The Bertz CT molecular complexity index is 866. The number of rotatable bonds is 5. The number of benzene rings is 1. The Balaban J connectivity index is 1.54. The number of hydrogen-bond donors (Lipinski definition) is 0. The molecule has 2 aliphatic rings. The van der Waals surface area contributed by atoms with Crippen LogP contribution in [-0.4, -0.2) is 73.3 Å². The summed E-state index contributed by atoms with van der Waals surface area (Å²) in [4.78, 5) is 53.9. The lowest BCUT2D eigenvalue weighted by Gasteiger charge is -2.39. The van der Waals surface area contributed by atoms with Gasteiger partial charge < -0.3 is 14.5 Å². The van der Waals surface area contributed by atoms with Gasteiger partial charge in [0.15, 0.2) is 0 Å². The van der Waals surface area contributed by atoms with Crippen molar-refractivity contribution in [3.8, 4) is 0 Å². The smallest absolute Gasteiger partial charge is 0.325 e. The molecule has 0 saturated carbocycles. The molecule has 0 unspecified atom stereocenters. The number of piperidine rings is 1. The molecule has 0 N–H and O–H groups in total. The van der Waals surface area contributed by atoms with Gasteiger partial charge in [0.25, 0.3) is 0 Å². The van der Waals surface area contributed by atoms with Crippen LogP contribution in [0.5, 0.6) is 0 Å². The Morgan fingerprint density at radius 2 is 1.59 bits per heavy atom. The lowest BCUT2D eigenvalue weighted by Crippen LogP contribution is -2.50. The number of ether oxygens (including phenoxy) is 1. The molecule has 32 heavy (non-hydrogen) atoms. The van der Waals surface area contributed by atoms with Gasteiger partial charge in [-0.3, -0.25) is 24.1 Å². The fraction of sp³-hybridized carbons (Fsp3) is 0.583. The number of carbonyl (C=O) groups excluding carboxylic acids is 4. The molecule has 0 spiro atoms. The molecule has 8 nitrogen and oxygen atoms in total. The maximum absolute atomic E-state index is 12.9. The Morgan fingerprint density at radius 3 is 2.16 bits per heavy atom. The zero-order valence-corrected chi connectivity index (χ0v) is 19.4. The highest BCUT2D eigenvalue weighted by Crippen LogP contribution is 2.32. The van der Waals surface area contributed by atoms with Gasteiger partial charge in [-0.05, 0) is 23.0 Å². The number of likely N-dealkylation sites (tertiary alicyclic amines) is 1. The van der Waals surface area contributed by atoms with E-state index < -0.39 is 17.8 Å². The minimum atomic E-state index is -0.632. The second-order valence-electron chi connectivity index (χ2n) is 9.56. The molecule has 0 aromatic heterocycles. The number of methoxy groups -OCH3 is 1. The van der Waals surface area contributed by atoms with Crippen molar-refractivity contribution in [1.82, 2.24) is 9.80 Å². The summed E-state index contributed by atoms with van der Waals surface area (Å²) in [7, 11) is 1.21. The molecule has 174 valence electrons. The van der Waals surface area contributed by atoms with Crippen molar-refractivity contribution in [2.45, 2.75) is 45.4 Å². The van der Waals surface area contributed by atoms with Crippen molar-refractivity contribution in [1.29, 1.82) is 0 Å². The third kappa shape index (κ3) is 5.47. The molecule has 8 heteroatoms. The van der Waals surface area contributed by atoms with Gasteiger partial charge in [0, 0.05) is 51.1 Å². The maximum atomic E-state index is 12.9. The quantitative estimate of drug-likeness (QED) is 0.511. The lowest BCUT2D eigenvalue weighted by atomic mass is 9.85. The molecular weight excluding hydrogens is 410 g/mol. The average Bonchev–Trinajstić information content (AvgIpc) is 2.75. The van der Waals surface area contributed by atoms with Gasteiger partial charge in [0.1, 0.15) is 6.54 Å². The van der Waals surface area contributed by atoms with Crippen LogP contribution in [0.3, 0.4) is 0 Å². The van der Waals surface area contributed by atoms with Crippen LogP contribution in [0, 0.1) is 5.92 Å². The highest BCUT2D eigenvalue weighted by Gasteiger charge is 2.36. The van der Waals surface area contributed by atoms with E-state index in [1.165, 1.54) is 18.4 Å². The van der Waals surface area contributed by atoms with Gasteiger partial charge in [-0.15, -0.1) is 0 Å². The van der Waals surface area contributed by atoms with Crippen molar-refractivity contribution in [2.24, 2.45) is 5.92 Å². The number of nitrogens with zero attached hydrogens (tertiary/aromatic N) is 3. The summed E-state index contributed by atoms with van der Waals surface area (Å²) >= 11 is 0. The van der Waals surface area contributed by atoms with E-state index in [4.69, 9.17) is 0 Å². The van der Waals surface area contributed by atoms with E-state index >= 15 is 0 Å². The first-order valence-corrected chi connectivity index (χ1v) is 11.1. The third-order valence-corrected chi connectivity index (χ3v) is 6.19. The SMILES string of the molecule is COC(=O)CN1C(=O)CC(CC(=O)N2CCN(c3ccccc3C(C)(C)C)CC2)CC1=O. The Labute approximate surface area is 189 Å². The molecule has 3 rings (SSSR count). The molecule has 2 saturated heterocycles. The zero-order valence-electron chi connectivity index (χ0n) is 19.4. The van der Waals surface area contributed by atoms with E-state index in [-0.39, 0.29) is 43.0 Å². The van der Waals surface area contributed by atoms with E-state index in [1.54, 1.807) is 0 Å². The molecule has 1 aromatic rings. The Morgan fingerprint density at radius 1 is 1.00 bits per heavy atom. The van der Waals surface area contributed by atoms with Crippen LogP contribution in [0.4, 0.5) is 5.69 Å². The number of imide groups is 1. The average molecular weight is 444 g/mol. The molecule has 0 bridgehead atoms. The first kappa shape index (κ1) is 23.8. The molecule has 2 heterocycles. The standard InChI is InChI=1S/C24H33N3O5/c1-24(2,3)18-7-5-6-8-19(18)25-9-11-26(12-10-25)20(28)13-17-14-21(29)27(22(30)15-17)16-23(31)32-4/h5-8,17H,9-16H2,1-4H3. The van der Waals surface area contributed by atoms with E-state index in [1.807, 2.05) is 11.0 Å². The minimum absolute atomic E-state index is 0.0271. The van der Waals surface area contributed by atoms with Crippen LogP contribution in [0.1, 0.15) is 45.6 Å². The molecule has 0 atom stereocenters. The van der Waals surface area contributed by atoms with E-state index in [2.05, 4.69) is 48.6 Å². The monoisotopic (exact) mass is 443 g/mol. The molecule has 1 aromatic carbocycles. The van der Waals surface area contributed by atoms with Crippen molar-refractivity contribution >= 4 is 29.4 Å². The highest BCUT2D eigenvalue weighted by atomic mass is 16.5. The van der Waals surface area contributed by atoms with Gasteiger partial charge in [-0.1, -0.05) is 39.0 Å². The Hall–Kier alpha value is -2.90. The van der Waals surface area contributed by atoms with E-state index in [0.717, 1.165) is 18.0 Å². The predicted octanol–water partition coefficient (Wildman–Crippen LogP) is 1.96. The number of para-hydroxylation sites is 1. The summed E-state index contributed by atoms with van der Waals surface area (Å²) in [6, 6.07) is 8.40. The number of amides is 3. The van der Waals surface area contributed by atoms with Crippen molar-refractivity contribution in [3.63, 3.8) is 0 Å². The largest absolute Gasteiger partial charge is 0.468 e. The number of esters is 1. The van der Waals surface area contributed by atoms with Crippen LogP contribution < -0.4 is 4.90 Å². The van der Waals surface area contributed by atoms with E-state index in [9.17, 15) is 19.2 Å². The van der Waals surface area contributed by atoms with Crippen molar-refractivity contribution in [3.05, 3.63) is 29.8 Å². The maximum Gasteiger partial charge on any atom is 0.325 e. The molecular formula is C24H33N3O5. The summed E-state index contributed by atoms with van der Waals surface area (Å²) in [6.07, 6.45) is 0.350. The fourth-order valence-corrected chi connectivity index (χ4v) is 4.40. The number of carbonyl (C=O) groups is 4. The Kier molecular flexibility index (Phi) is 7.21. The molecule has 2 fully saturated rings. The number of piperazine rings is 1. The zero-order chi connectivity index (χ0) is 23.5. The van der Waals surface area contributed by atoms with Gasteiger partial charge >= 0.3 is 5.97 Å². The second-order valence-corrected chi connectivity index (χ2v) is 9.56. The second kappa shape index (κ2) is 9.71. The van der Waals surface area contributed by atoms with Crippen LogP contribution in [-0.2, 0) is 29.3 Å². The summed E-state index contributed by atoms with van der Waals surface area (Å²) in [5, 5.41) is 0. The predicted molar refractivity (Wildman–Crippen MR) is 120 cm³/mol. The minimum Gasteiger partial charge on any atom is -0.468 e. The number of hydrogen-bond acceptors (Lipinski definition) is 6. The van der Waals surface area contributed by atoms with Crippen molar-refractivity contribution < 1.29 is 23.9 Å². The highest BCUT2D eigenvalue weighted by molar-refractivity contribution is 6.00. The first-order chi connectivity index (χ1) is 15.1. The van der Waals surface area contributed by atoms with Gasteiger partial charge in [0.05, 0.1) is 7.11 Å². The van der Waals surface area contributed by atoms with Gasteiger partial charge in [-0.25, -0.2) is 0 Å². The molecule has 3 amide bonds. The molecule has 0 aliphatic carbocycles. The summed E-state index contributed by atoms with van der Waals surface area (Å²) in [6.45, 7) is 8.94. The molecule has 0 radical (unpaired) electrons. The number of anilines is 1. The van der Waals surface area contributed by atoms with E-state index in [0.29, 0.717) is 13.1 Å². The normalized spacial score (nSPS) is 18.2. The first-order valence-electron chi connectivity index (χ1n) is 11.1. The van der Waals surface area contributed by atoms with Crippen LogP contribution in [0.15, 0.2) is 24.3 Å². The van der Waals surface area contributed by atoms with Crippen LogP contribution in [0.2, 0.25) is 0 Å². The summed E-state index contributed by atoms with van der Waals surface area (Å²) in [5.41, 5.74) is 2.53. The summed E-state index contributed by atoms with van der Waals surface area (Å²) in [5.74, 6) is -1.83. The van der Waals surface area contributed by atoms with Gasteiger partial charge in [0.2, 0.25) is 17.7 Å². The van der Waals surface area contributed by atoms with Crippen LogP contribution in [0.25, 0.3) is 0 Å². The lowest BCUT2D eigenvalue weighted by molar-refractivity contribution is -0.158. The molecule has 2 aliphatic heterocycles. The van der Waals surface area contributed by atoms with Crippen molar-refractivity contribution in [2.75, 3.05) is 44.7 Å².